The molecule has 0 spiro atoms. The van der Waals surface area contributed by atoms with E-state index in [1.54, 1.807) is 17.1 Å². The van der Waals surface area contributed by atoms with Gasteiger partial charge >= 0.3 is 0 Å². The van der Waals surface area contributed by atoms with E-state index in [9.17, 15) is 4.79 Å². The molecule has 0 aromatic carbocycles. The second kappa shape index (κ2) is 6.04. The van der Waals surface area contributed by atoms with Crippen molar-refractivity contribution in [2.45, 2.75) is 32.4 Å². The molecule has 2 aromatic heterocycles. The van der Waals surface area contributed by atoms with Gasteiger partial charge in [0.15, 0.2) is 5.69 Å². The van der Waals surface area contributed by atoms with Crippen LogP contribution in [0.5, 0.6) is 0 Å². The Hall–Kier alpha value is -2.22. The molecule has 8 nitrogen and oxygen atoms in total. The van der Waals surface area contributed by atoms with Gasteiger partial charge in [-0.3, -0.25) is 4.79 Å². The number of hydrogen-bond acceptors (Lipinski definition) is 6. The molecule has 1 fully saturated rings. The van der Waals surface area contributed by atoms with Crippen LogP contribution in [0, 0.1) is 6.92 Å². The van der Waals surface area contributed by atoms with Crippen molar-refractivity contribution in [2.75, 3.05) is 13.1 Å². The van der Waals surface area contributed by atoms with Crippen LogP contribution in [0.2, 0.25) is 0 Å². The summed E-state index contributed by atoms with van der Waals surface area (Å²) in [6.45, 7) is 3.99. The summed E-state index contributed by atoms with van der Waals surface area (Å²) in [7, 11) is 0. The number of carbonyl (C=O) groups excluding carboxylic acids is 1. The first kappa shape index (κ1) is 13.7. The van der Waals surface area contributed by atoms with Crippen molar-refractivity contribution in [3.63, 3.8) is 0 Å². The first-order valence-corrected chi connectivity index (χ1v) is 7.04. The second-order valence-corrected chi connectivity index (χ2v) is 5.11. The molecule has 1 saturated heterocycles. The highest BCUT2D eigenvalue weighted by molar-refractivity contribution is 5.91. The fraction of sp³-hybridized carbons (Fsp3) is 0.538. The Morgan fingerprint density at radius 3 is 3.05 bits per heavy atom. The number of aromatic nitrogens is 4. The lowest BCUT2D eigenvalue weighted by molar-refractivity contribution is 0.0942. The normalized spacial score (nSPS) is 16.0. The van der Waals surface area contributed by atoms with Crippen molar-refractivity contribution in [1.29, 1.82) is 0 Å². The van der Waals surface area contributed by atoms with Gasteiger partial charge in [0.1, 0.15) is 5.76 Å². The number of hydrogen-bond donors (Lipinski definition) is 2. The van der Waals surface area contributed by atoms with Gasteiger partial charge in [-0.05, 0) is 32.9 Å². The zero-order valence-corrected chi connectivity index (χ0v) is 11.9. The number of nitrogens with zero attached hydrogens (tertiary/aromatic N) is 4. The van der Waals surface area contributed by atoms with Gasteiger partial charge in [-0.1, -0.05) is 5.21 Å². The lowest BCUT2D eigenvalue weighted by atomic mass is 10.1. The van der Waals surface area contributed by atoms with Crippen LogP contribution < -0.4 is 10.6 Å². The summed E-state index contributed by atoms with van der Waals surface area (Å²) in [6, 6.07) is 0.315. The lowest BCUT2D eigenvalue weighted by Gasteiger charge is -2.22. The fourth-order valence-corrected chi connectivity index (χ4v) is 2.36. The standard InChI is InChI=1S/C13H18N6O2/c1-9-6-15-12(21-9)7-16-13(20)11-8-19(18-17-11)10-2-4-14-5-3-10/h6,8,10,14H,2-5,7H2,1H3,(H,16,20). The van der Waals surface area contributed by atoms with Gasteiger partial charge in [0.2, 0.25) is 5.89 Å². The minimum Gasteiger partial charge on any atom is -0.444 e. The molecule has 1 amide bonds. The number of nitrogens with one attached hydrogen (secondary N) is 2. The molecule has 3 heterocycles. The van der Waals surface area contributed by atoms with Crippen LogP contribution in [0.15, 0.2) is 16.8 Å². The molecule has 1 aliphatic rings. The maximum absolute atomic E-state index is 12.0. The molecule has 2 N–H and O–H groups in total. The molecule has 2 aromatic rings. The molecule has 0 bridgehead atoms. The molecule has 21 heavy (non-hydrogen) atoms. The Balaban J connectivity index is 1.58. The van der Waals surface area contributed by atoms with Crippen LogP contribution in [0.1, 0.15) is 41.0 Å². The van der Waals surface area contributed by atoms with Gasteiger partial charge < -0.3 is 15.1 Å². The summed E-state index contributed by atoms with van der Waals surface area (Å²) < 4.78 is 7.08. The van der Waals surface area contributed by atoms with E-state index in [1.165, 1.54) is 0 Å². The third kappa shape index (κ3) is 3.27. The van der Waals surface area contributed by atoms with Crippen LogP contribution in [0.25, 0.3) is 0 Å². The molecule has 0 saturated carbocycles. The van der Waals surface area contributed by atoms with Crippen LogP contribution in [0.3, 0.4) is 0 Å². The zero-order valence-electron chi connectivity index (χ0n) is 11.9. The number of rotatable bonds is 4. The van der Waals surface area contributed by atoms with E-state index in [0.29, 0.717) is 17.6 Å². The van der Waals surface area contributed by atoms with Gasteiger partial charge in [0, 0.05) is 0 Å². The Bertz CT molecular complexity index is 614. The molecular formula is C13H18N6O2. The maximum Gasteiger partial charge on any atom is 0.273 e. The molecule has 3 rings (SSSR count). The number of aryl methyl sites for hydroxylation is 1. The quantitative estimate of drug-likeness (QED) is 0.847. The Kier molecular flexibility index (Phi) is 3.96. The zero-order chi connectivity index (χ0) is 14.7. The SMILES string of the molecule is Cc1cnc(CNC(=O)c2cn(C3CCNCC3)nn2)o1. The first-order chi connectivity index (χ1) is 10.2. The summed E-state index contributed by atoms with van der Waals surface area (Å²) in [5.74, 6) is 0.925. The molecule has 0 atom stereocenters. The van der Waals surface area contributed by atoms with Crippen LogP contribution in [-0.2, 0) is 6.54 Å². The van der Waals surface area contributed by atoms with Crippen LogP contribution in [-0.4, -0.2) is 39.0 Å². The number of piperidine rings is 1. The van der Waals surface area contributed by atoms with Crippen molar-refractivity contribution in [2.24, 2.45) is 0 Å². The van der Waals surface area contributed by atoms with Crippen molar-refractivity contribution in [1.82, 2.24) is 30.6 Å². The minimum absolute atomic E-state index is 0.243. The van der Waals surface area contributed by atoms with E-state index >= 15 is 0 Å². The topological polar surface area (TPSA) is 97.9 Å². The summed E-state index contributed by atoms with van der Waals surface area (Å²) in [6.07, 6.45) is 5.32. The maximum atomic E-state index is 12.0. The number of carbonyl (C=O) groups is 1. The summed E-state index contributed by atoms with van der Waals surface area (Å²) >= 11 is 0. The minimum atomic E-state index is -0.272. The Labute approximate surface area is 121 Å². The first-order valence-electron chi connectivity index (χ1n) is 7.04. The highest BCUT2D eigenvalue weighted by atomic mass is 16.4. The van der Waals surface area contributed by atoms with E-state index in [4.69, 9.17) is 4.42 Å². The van der Waals surface area contributed by atoms with Crippen molar-refractivity contribution < 1.29 is 9.21 Å². The molecule has 112 valence electrons. The van der Waals surface area contributed by atoms with Crippen molar-refractivity contribution >= 4 is 5.91 Å². The third-order valence-corrected chi connectivity index (χ3v) is 3.50. The van der Waals surface area contributed by atoms with Gasteiger partial charge in [-0.15, -0.1) is 5.10 Å². The summed E-state index contributed by atoms with van der Waals surface area (Å²) in [5, 5.41) is 14.0. The van der Waals surface area contributed by atoms with E-state index in [2.05, 4.69) is 25.9 Å². The molecule has 0 radical (unpaired) electrons. The predicted molar refractivity (Wildman–Crippen MR) is 73.6 cm³/mol. The van der Waals surface area contributed by atoms with Crippen LogP contribution >= 0.6 is 0 Å². The molecular weight excluding hydrogens is 272 g/mol. The molecule has 0 unspecified atom stereocenters. The van der Waals surface area contributed by atoms with E-state index < -0.39 is 0 Å². The lowest BCUT2D eigenvalue weighted by Crippen LogP contribution is -2.29. The average Bonchev–Trinajstić information content (AvgIpc) is 3.15. The van der Waals surface area contributed by atoms with E-state index in [1.807, 2.05) is 6.92 Å². The molecule has 0 aliphatic carbocycles. The third-order valence-electron chi connectivity index (χ3n) is 3.50. The number of oxazole rings is 1. The largest absolute Gasteiger partial charge is 0.444 e. The van der Waals surface area contributed by atoms with Gasteiger partial charge in [-0.2, -0.15) is 0 Å². The average molecular weight is 290 g/mol. The van der Waals surface area contributed by atoms with E-state index in [0.717, 1.165) is 31.7 Å². The Morgan fingerprint density at radius 2 is 2.33 bits per heavy atom. The summed E-state index contributed by atoms with van der Waals surface area (Å²) in [4.78, 5) is 16.0. The van der Waals surface area contributed by atoms with Crippen molar-refractivity contribution in [3.05, 3.63) is 29.7 Å². The monoisotopic (exact) mass is 290 g/mol. The summed E-state index contributed by atoms with van der Waals surface area (Å²) in [5.41, 5.74) is 0.316. The van der Waals surface area contributed by atoms with Gasteiger partial charge in [0.05, 0.1) is 25.0 Å². The molecule has 8 heteroatoms. The van der Waals surface area contributed by atoms with E-state index in [-0.39, 0.29) is 12.5 Å². The van der Waals surface area contributed by atoms with Gasteiger partial charge in [0.25, 0.3) is 5.91 Å². The second-order valence-electron chi connectivity index (χ2n) is 5.11. The number of amides is 1. The highest BCUT2D eigenvalue weighted by Crippen LogP contribution is 2.17. The highest BCUT2D eigenvalue weighted by Gasteiger charge is 2.18. The fourth-order valence-electron chi connectivity index (χ4n) is 2.36. The smallest absolute Gasteiger partial charge is 0.273 e. The predicted octanol–water partition coefficient (Wildman–Crippen LogP) is 0.429. The van der Waals surface area contributed by atoms with Gasteiger partial charge in [-0.25, -0.2) is 9.67 Å². The van der Waals surface area contributed by atoms with Crippen molar-refractivity contribution in [3.8, 4) is 0 Å². The van der Waals surface area contributed by atoms with Crippen LogP contribution in [0.4, 0.5) is 0 Å². The molecule has 1 aliphatic heterocycles. The Morgan fingerprint density at radius 1 is 1.52 bits per heavy atom.